The lowest BCUT2D eigenvalue weighted by molar-refractivity contribution is 0.0949. The largest absolute Gasteiger partial charge is 0.350 e. The molecule has 2 aromatic rings. The number of hydrogen-bond acceptors (Lipinski definition) is 4. The molecule has 0 spiro atoms. The van der Waals surface area contributed by atoms with Crippen LogP contribution in [0, 0.1) is 13.8 Å². The molecule has 1 aromatic heterocycles. The van der Waals surface area contributed by atoms with Crippen LogP contribution in [0.15, 0.2) is 30.3 Å². The van der Waals surface area contributed by atoms with E-state index in [1.807, 2.05) is 11.8 Å². The van der Waals surface area contributed by atoms with E-state index in [2.05, 4.69) is 60.3 Å². The summed E-state index contributed by atoms with van der Waals surface area (Å²) in [5.74, 6) is 0.463. The third-order valence-electron chi connectivity index (χ3n) is 3.94. The first kappa shape index (κ1) is 17.9. The lowest BCUT2D eigenvalue weighted by Crippen LogP contribution is -2.29. The zero-order valence-corrected chi connectivity index (χ0v) is 15.0. The van der Waals surface area contributed by atoms with Crippen LogP contribution >= 0.6 is 0 Å². The Hall–Kier alpha value is -2.43. The van der Waals surface area contributed by atoms with E-state index in [1.165, 1.54) is 11.1 Å². The van der Waals surface area contributed by atoms with Crippen molar-refractivity contribution < 1.29 is 4.79 Å². The van der Waals surface area contributed by atoms with Crippen molar-refractivity contribution in [2.45, 2.75) is 34.1 Å². The zero-order valence-electron chi connectivity index (χ0n) is 15.0. The molecule has 0 aliphatic carbocycles. The minimum atomic E-state index is -0.152. The molecule has 0 radical (unpaired) electrons. The molecule has 0 unspecified atom stereocenters. The number of anilines is 1. The summed E-state index contributed by atoms with van der Waals surface area (Å²) in [6.07, 6.45) is 0.805. The molecule has 0 bridgehead atoms. The molecular formula is C19H26N4O. The molecule has 0 atom stereocenters. The Morgan fingerprint density at radius 2 is 1.75 bits per heavy atom. The summed E-state index contributed by atoms with van der Waals surface area (Å²) in [6, 6.07) is 10.1. The number of carbonyl (C=O) groups excluding carboxylic acids is 1. The number of nitrogens with one attached hydrogen (secondary N) is 1. The lowest BCUT2D eigenvalue weighted by atomic mass is 10.1. The number of aryl methyl sites for hydroxylation is 2. The van der Waals surface area contributed by atoms with Gasteiger partial charge in [0.2, 0.25) is 5.95 Å². The van der Waals surface area contributed by atoms with Gasteiger partial charge in [-0.25, -0.2) is 9.97 Å². The van der Waals surface area contributed by atoms with Crippen LogP contribution in [-0.2, 0) is 6.42 Å². The molecule has 0 aliphatic rings. The highest BCUT2D eigenvalue weighted by Gasteiger charge is 2.13. The predicted octanol–water partition coefficient (Wildman–Crippen LogP) is 2.91. The Labute approximate surface area is 144 Å². The third kappa shape index (κ3) is 4.78. The van der Waals surface area contributed by atoms with Gasteiger partial charge in [-0.2, -0.15) is 0 Å². The Kier molecular flexibility index (Phi) is 6.29. The Morgan fingerprint density at radius 1 is 1.08 bits per heavy atom. The third-order valence-corrected chi connectivity index (χ3v) is 3.94. The van der Waals surface area contributed by atoms with Crippen LogP contribution in [0.3, 0.4) is 0 Å². The Bertz CT molecular complexity index is 678. The van der Waals surface area contributed by atoms with Crippen molar-refractivity contribution in [1.29, 1.82) is 0 Å². The Morgan fingerprint density at radius 3 is 2.38 bits per heavy atom. The second kappa shape index (κ2) is 8.43. The minimum absolute atomic E-state index is 0.152. The molecule has 0 fully saturated rings. The highest BCUT2D eigenvalue weighted by atomic mass is 16.1. The van der Waals surface area contributed by atoms with Gasteiger partial charge < -0.3 is 10.2 Å². The number of benzene rings is 1. The van der Waals surface area contributed by atoms with Crippen molar-refractivity contribution in [1.82, 2.24) is 15.3 Å². The van der Waals surface area contributed by atoms with Crippen LogP contribution in [0.4, 0.5) is 5.95 Å². The smallest absolute Gasteiger partial charge is 0.270 e. The van der Waals surface area contributed by atoms with Gasteiger partial charge in [0.25, 0.3) is 5.91 Å². The molecule has 1 N–H and O–H groups in total. The number of amides is 1. The van der Waals surface area contributed by atoms with Gasteiger partial charge in [0.15, 0.2) is 0 Å². The van der Waals surface area contributed by atoms with Gasteiger partial charge in [0.05, 0.1) is 0 Å². The summed E-state index contributed by atoms with van der Waals surface area (Å²) in [5.41, 5.74) is 3.68. The van der Waals surface area contributed by atoms with E-state index in [0.717, 1.165) is 25.2 Å². The van der Waals surface area contributed by atoms with Gasteiger partial charge in [-0.1, -0.05) is 29.8 Å². The second-order valence-corrected chi connectivity index (χ2v) is 5.86. The van der Waals surface area contributed by atoms with Crippen molar-refractivity contribution in [2.75, 3.05) is 24.5 Å². The van der Waals surface area contributed by atoms with Gasteiger partial charge in [0, 0.05) is 25.3 Å². The highest BCUT2D eigenvalue weighted by molar-refractivity contribution is 5.92. The molecule has 24 heavy (non-hydrogen) atoms. The van der Waals surface area contributed by atoms with Crippen LogP contribution in [0.1, 0.15) is 41.2 Å². The quantitative estimate of drug-likeness (QED) is 0.850. The normalized spacial score (nSPS) is 10.5. The first-order chi connectivity index (χ1) is 11.5. The predicted molar refractivity (Wildman–Crippen MR) is 97.5 cm³/mol. The summed E-state index contributed by atoms with van der Waals surface area (Å²) in [7, 11) is 0. The maximum Gasteiger partial charge on any atom is 0.270 e. The van der Waals surface area contributed by atoms with Crippen LogP contribution in [0.2, 0.25) is 0 Å². The summed E-state index contributed by atoms with van der Waals surface area (Å²) in [4.78, 5) is 23.3. The average Bonchev–Trinajstić information content (AvgIpc) is 2.57. The molecule has 2 rings (SSSR count). The van der Waals surface area contributed by atoms with E-state index in [1.54, 1.807) is 6.07 Å². The topological polar surface area (TPSA) is 58.1 Å². The molecule has 128 valence electrons. The molecule has 0 saturated heterocycles. The first-order valence-electron chi connectivity index (χ1n) is 8.47. The molecule has 0 saturated carbocycles. The average molecular weight is 326 g/mol. The molecule has 1 amide bonds. The van der Waals surface area contributed by atoms with Crippen molar-refractivity contribution in [3.63, 3.8) is 0 Å². The fraction of sp³-hybridized carbons (Fsp3) is 0.421. The first-order valence-corrected chi connectivity index (χ1v) is 8.47. The van der Waals surface area contributed by atoms with Crippen LogP contribution < -0.4 is 10.2 Å². The molecule has 1 aromatic carbocycles. The van der Waals surface area contributed by atoms with E-state index in [4.69, 9.17) is 0 Å². The van der Waals surface area contributed by atoms with Crippen molar-refractivity contribution in [3.05, 3.63) is 52.8 Å². The van der Waals surface area contributed by atoms with Gasteiger partial charge in [0.1, 0.15) is 5.69 Å². The summed E-state index contributed by atoms with van der Waals surface area (Å²) in [6.45, 7) is 10.3. The number of aromatic nitrogens is 2. The van der Waals surface area contributed by atoms with Gasteiger partial charge in [-0.3, -0.25) is 4.79 Å². The summed E-state index contributed by atoms with van der Waals surface area (Å²) < 4.78 is 0. The molecular weight excluding hydrogens is 300 g/mol. The number of nitrogens with zero attached hydrogens (tertiary/aromatic N) is 3. The van der Waals surface area contributed by atoms with E-state index in [9.17, 15) is 4.79 Å². The van der Waals surface area contributed by atoms with Gasteiger partial charge >= 0.3 is 0 Å². The Balaban J connectivity index is 2.00. The van der Waals surface area contributed by atoms with Crippen LogP contribution in [-0.4, -0.2) is 35.5 Å². The van der Waals surface area contributed by atoms with Gasteiger partial charge in [-0.15, -0.1) is 0 Å². The standard InChI is InChI=1S/C19H26N4O/c1-5-23(6-2)19-21-15(4)13-17(22-19)18(24)20-12-11-16-9-7-14(3)8-10-16/h7-10,13H,5-6,11-12H2,1-4H3,(H,20,24). The highest BCUT2D eigenvalue weighted by Crippen LogP contribution is 2.10. The molecule has 1 heterocycles. The van der Waals surface area contributed by atoms with E-state index < -0.39 is 0 Å². The SMILES string of the molecule is CCN(CC)c1nc(C)cc(C(=O)NCCc2ccc(C)cc2)n1. The minimum Gasteiger partial charge on any atom is -0.350 e. The van der Waals surface area contributed by atoms with E-state index in [0.29, 0.717) is 18.2 Å². The molecule has 5 heteroatoms. The van der Waals surface area contributed by atoms with Crippen molar-refractivity contribution in [3.8, 4) is 0 Å². The zero-order chi connectivity index (χ0) is 17.5. The van der Waals surface area contributed by atoms with Gasteiger partial charge in [-0.05, 0) is 45.7 Å². The maximum absolute atomic E-state index is 12.4. The second-order valence-electron chi connectivity index (χ2n) is 5.86. The number of rotatable bonds is 7. The molecule has 0 aliphatic heterocycles. The number of hydrogen-bond donors (Lipinski definition) is 1. The van der Waals surface area contributed by atoms with Crippen LogP contribution in [0.5, 0.6) is 0 Å². The fourth-order valence-corrected chi connectivity index (χ4v) is 2.48. The van der Waals surface area contributed by atoms with Crippen LogP contribution in [0.25, 0.3) is 0 Å². The van der Waals surface area contributed by atoms with E-state index >= 15 is 0 Å². The van der Waals surface area contributed by atoms with E-state index in [-0.39, 0.29) is 5.91 Å². The maximum atomic E-state index is 12.4. The fourth-order valence-electron chi connectivity index (χ4n) is 2.48. The summed E-state index contributed by atoms with van der Waals surface area (Å²) >= 11 is 0. The summed E-state index contributed by atoms with van der Waals surface area (Å²) in [5, 5.41) is 2.94. The molecule has 5 nitrogen and oxygen atoms in total. The van der Waals surface area contributed by atoms with Crippen molar-refractivity contribution >= 4 is 11.9 Å². The number of carbonyl (C=O) groups is 1. The van der Waals surface area contributed by atoms with Crippen molar-refractivity contribution in [2.24, 2.45) is 0 Å². The lowest BCUT2D eigenvalue weighted by Gasteiger charge is -2.19. The monoisotopic (exact) mass is 326 g/mol.